The molecular weight excluding hydrogens is 249 g/mol. The fourth-order valence-electron chi connectivity index (χ4n) is 0.509. The molecule has 9 heteroatoms. The van der Waals surface area contributed by atoms with E-state index >= 15 is 0 Å². The number of aromatic nitrogens is 1. The highest BCUT2D eigenvalue weighted by molar-refractivity contribution is 7.94. The molecule has 0 atom stereocenters. The molecule has 5 nitrogen and oxygen atoms in total. The minimum Gasteiger partial charge on any atom is -0.412 e. The van der Waals surface area contributed by atoms with Crippen molar-refractivity contribution in [3.63, 3.8) is 0 Å². The number of hydrogen-bond donors (Lipinski definition) is 2. The van der Waals surface area contributed by atoms with Crippen LogP contribution < -0.4 is 5.73 Å². The van der Waals surface area contributed by atoms with E-state index in [9.17, 15) is 18.0 Å². The van der Waals surface area contributed by atoms with E-state index in [0.29, 0.717) is 5.56 Å². The summed E-state index contributed by atoms with van der Waals surface area (Å²) in [6.07, 6.45) is 3.02. The first-order chi connectivity index (χ1) is 6.87. The number of halogens is 3. The maximum absolute atomic E-state index is 10.5. The van der Waals surface area contributed by atoms with E-state index in [0.717, 1.165) is 0 Å². The molecule has 0 spiro atoms. The van der Waals surface area contributed by atoms with Crippen LogP contribution in [0.2, 0.25) is 0 Å². The number of carbonyl (C=O) groups excluding carboxylic acids is 1. The molecule has 0 aliphatic rings. The molecule has 1 aromatic rings. The van der Waals surface area contributed by atoms with E-state index in [1.54, 1.807) is 18.3 Å². The number of carbonyl (C=O) groups is 1. The van der Waals surface area contributed by atoms with Gasteiger partial charge >= 0.3 is 5.51 Å². The maximum atomic E-state index is 10.5. The minimum absolute atomic E-state index is 0. The number of pyridine rings is 1. The molecule has 16 heavy (non-hydrogen) atoms. The molecule has 0 aromatic carbocycles. The summed E-state index contributed by atoms with van der Waals surface area (Å²) in [4.78, 5) is 14.1. The number of rotatable bonds is 1. The molecule has 0 aliphatic carbocycles. The highest BCUT2D eigenvalue weighted by atomic mass is 32.2. The molecule has 1 aromatic heterocycles. The van der Waals surface area contributed by atoms with Crippen LogP contribution >= 0.6 is 12.0 Å². The van der Waals surface area contributed by atoms with Gasteiger partial charge < -0.3 is 15.8 Å². The largest absolute Gasteiger partial charge is 0.467 e. The lowest BCUT2D eigenvalue weighted by Gasteiger charge is -1.93. The maximum Gasteiger partial charge on any atom is 0.467 e. The van der Waals surface area contributed by atoms with Crippen LogP contribution in [-0.4, -0.2) is 26.4 Å². The van der Waals surface area contributed by atoms with Crippen LogP contribution in [0, 0.1) is 0 Å². The van der Waals surface area contributed by atoms with Gasteiger partial charge in [0.25, 0.3) is 0 Å². The third-order valence-electron chi connectivity index (χ3n) is 1.05. The summed E-state index contributed by atoms with van der Waals surface area (Å²) in [6, 6.07) is 3.29. The summed E-state index contributed by atoms with van der Waals surface area (Å²) >= 11 is -1.12. The average molecular weight is 258 g/mol. The zero-order valence-electron chi connectivity index (χ0n) is 7.73. The summed E-state index contributed by atoms with van der Waals surface area (Å²) in [7, 11) is 0. The zero-order valence-corrected chi connectivity index (χ0v) is 8.55. The van der Waals surface area contributed by atoms with Gasteiger partial charge in [-0.25, -0.2) is 0 Å². The van der Waals surface area contributed by atoms with Crippen LogP contribution in [0.5, 0.6) is 0 Å². The van der Waals surface area contributed by atoms with Crippen molar-refractivity contribution in [2.75, 3.05) is 0 Å². The standard InChI is InChI=1S/C6H6N2O.CHF3OS.H2O/c7-6(9)5-2-1-3-8-4-5;2-1(3,4)6-5;/h1-4H,(H2,7,9);5H;1H2. The Morgan fingerprint density at radius 1 is 1.50 bits per heavy atom. The molecule has 1 amide bonds. The van der Waals surface area contributed by atoms with E-state index in [1.165, 1.54) is 6.20 Å². The van der Waals surface area contributed by atoms with Crippen LogP contribution in [0.25, 0.3) is 0 Å². The number of primary amides is 1. The van der Waals surface area contributed by atoms with Crippen molar-refractivity contribution < 1.29 is 28.0 Å². The van der Waals surface area contributed by atoms with Crippen LogP contribution in [0.3, 0.4) is 0 Å². The minimum atomic E-state index is -4.49. The van der Waals surface area contributed by atoms with Crippen LogP contribution in [0.15, 0.2) is 24.5 Å². The number of hydrogen-bond acceptors (Lipinski definition) is 4. The van der Waals surface area contributed by atoms with E-state index in [1.807, 2.05) is 0 Å². The molecule has 0 radical (unpaired) electrons. The fraction of sp³-hybridized carbons (Fsp3) is 0.143. The van der Waals surface area contributed by atoms with Gasteiger partial charge in [-0.15, -0.1) is 0 Å². The van der Waals surface area contributed by atoms with Crippen molar-refractivity contribution in [3.8, 4) is 0 Å². The van der Waals surface area contributed by atoms with Gasteiger partial charge in [-0.2, -0.15) is 13.2 Å². The van der Waals surface area contributed by atoms with Gasteiger partial charge in [0, 0.05) is 12.4 Å². The first-order valence-electron chi connectivity index (χ1n) is 3.46. The number of nitrogens with two attached hydrogens (primary N) is 1. The van der Waals surface area contributed by atoms with Gasteiger partial charge in [0.15, 0.2) is 0 Å². The van der Waals surface area contributed by atoms with Crippen molar-refractivity contribution in [1.82, 2.24) is 4.98 Å². The van der Waals surface area contributed by atoms with Crippen molar-refractivity contribution in [2.45, 2.75) is 5.51 Å². The molecule has 0 unspecified atom stereocenters. The Hall–Kier alpha value is -1.32. The normalized spacial score (nSPS) is 9.50. The Balaban J connectivity index is 0. The van der Waals surface area contributed by atoms with Gasteiger partial charge in [0.2, 0.25) is 5.91 Å². The Labute approximate surface area is 93.0 Å². The van der Waals surface area contributed by atoms with Crippen molar-refractivity contribution in [3.05, 3.63) is 30.1 Å². The monoisotopic (exact) mass is 258 g/mol. The predicted octanol–water partition coefficient (Wildman–Crippen LogP) is 1.07. The lowest BCUT2D eigenvalue weighted by molar-refractivity contribution is -0.0376. The van der Waals surface area contributed by atoms with Gasteiger partial charge in [0.1, 0.15) is 12.0 Å². The second-order valence-electron chi connectivity index (χ2n) is 2.14. The van der Waals surface area contributed by atoms with E-state index < -0.39 is 23.5 Å². The number of alkyl halides is 3. The molecule has 0 saturated carbocycles. The summed E-state index contributed by atoms with van der Waals surface area (Å²) in [6.45, 7) is 0. The highest BCUT2D eigenvalue weighted by Gasteiger charge is 2.27. The van der Waals surface area contributed by atoms with Crippen molar-refractivity contribution >= 4 is 17.9 Å². The average Bonchev–Trinajstić information content (AvgIpc) is 2.19. The lowest BCUT2D eigenvalue weighted by atomic mass is 10.3. The third-order valence-corrected chi connectivity index (χ3v) is 1.26. The second kappa shape index (κ2) is 7.91. The topological polar surface area (TPSA) is 108 Å². The lowest BCUT2D eigenvalue weighted by Crippen LogP contribution is -2.10. The third kappa shape index (κ3) is 9.24. The van der Waals surface area contributed by atoms with E-state index in [-0.39, 0.29) is 5.48 Å². The smallest absolute Gasteiger partial charge is 0.412 e. The van der Waals surface area contributed by atoms with Crippen LogP contribution in [0.1, 0.15) is 10.4 Å². The molecule has 1 rings (SSSR count). The zero-order chi connectivity index (χ0) is 11.9. The molecule has 5 N–H and O–H groups in total. The summed E-state index contributed by atoms with van der Waals surface area (Å²) < 4.78 is 38.7. The summed E-state index contributed by atoms with van der Waals surface area (Å²) in [5, 5.41) is 0. The Bertz CT molecular complexity index is 307. The van der Waals surface area contributed by atoms with Crippen LogP contribution in [-0.2, 0) is 0 Å². The molecule has 1 heterocycles. The Morgan fingerprint density at radius 2 is 2.00 bits per heavy atom. The molecular formula is C7H9F3N2O3S. The van der Waals surface area contributed by atoms with E-state index in [4.69, 9.17) is 10.3 Å². The SMILES string of the molecule is NC(=O)c1cccnc1.O.OSC(F)(F)F. The molecule has 0 bridgehead atoms. The fourth-order valence-corrected chi connectivity index (χ4v) is 0.509. The summed E-state index contributed by atoms with van der Waals surface area (Å²) in [5.74, 6) is -0.442. The first kappa shape index (κ1) is 17.1. The van der Waals surface area contributed by atoms with Gasteiger partial charge in [-0.3, -0.25) is 9.78 Å². The quantitative estimate of drug-likeness (QED) is 0.734. The van der Waals surface area contributed by atoms with Gasteiger partial charge in [0.05, 0.1) is 5.56 Å². The second-order valence-corrected chi connectivity index (χ2v) is 2.79. The molecule has 0 fully saturated rings. The number of amides is 1. The first-order valence-corrected chi connectivity index (χ1v) is 4.23. The molecule has 92 valence electrons. The van der Waals surface area contributed by atoms with Crippen molar-refractivity contribution in [1.29, 1.82) is 0 Å². The van der Waals surface area contributed by atoms with E-state index in [2.05, 4.69) is 4.98 Å². The number of nitrogens with zero attached hydrogens (tertiary/aromatic N) is 1. The van der Waals surface area contributed by atoms with Crippen molar-refractivity contribution in [2.24, 2.45) is 5.73 Å². The molecule has 0 saturated heterocycles. The Kier molecular flexibility index (Phi) is 8.44. The van der Waals surface area contributed by atoms with Gasteiger partial charge in [-0.1, -0.05) is 0 Å². The summed E-state index contributed by atoms with van der Waals surface area (Å²) in [5.41, 5.74) is 0.891. The molecule has 0 aliphatic heterocycles. The highest BCUT2D eigenvalue weighted by Crippen LogP contribution is 2.26. The van der Waals surface area contributed by atoms with Crippen LogP contribution in [0.4, 0.5) is 13.2 Å². The Morgan fingerprint density at radius 3 is 2.19 bits per heavy atom. The predicted molar refractivity (Wildman–Crippen MR) is 52.6 cm³/mol. The van der Waals surface area contributed by atoms with Gasteiger partial charge in [-0.05, 0) is 12.1 Å².